The summed E-state index contributed by atoms with van der Waals surface area (Å²) in [7, 11) is 0. The van der Waals surface area contributed by atoms with Crippen molar-refractivity contribution in [3.05, 3.63) is 23.8 Å². The minimum absolute atomic E-state index is 0.0183. The normalized spacial score (nSPS) is 25.2. The molecule has 0 aromatic carbocycles. The van der Waals surface area contributed by atoms with Crippen LogP contribution in [0.1, 0.15) is 39.0 Å². The van der Waals surface area contributed by atoms with Gasteiger partial charge in [0.05, 0.1) is 5.54 Å². The van der Waals surface area contributed by atoms with E-state index in [2.05, 4.69) is 25.2 Å². The molecule has 2 aliphatic rings. The number of rotatable bonds is 5. The number of nitrogens with two attached hydrogens (primary N) is 1. The van der Waals surface area contributed by atoms with Gasteiger partial charge in [-0.15, -0.1) is 0 Å². The molecule has 1 heterocycles. The third-order valence-corrected chi connectivity index (χ3v) is 3.87. The Morgan fingerprint density at radius 2 is 2.11 bits per heavy atom. The number of carbonyl (C=O) groups excluding carboxylic acids is 2. The summed E-state index contributed by atoms with van der Waals surface area (Å²) in [6, 6.07) is 0. The van der Waals surface area contributed by atoms with Gasteiger partial charge in [0.25, 0.3) is 0 Å². The molecule has 4 nitrogen and oxygen atoms in total. The van der Waals surface area contributed by atoms with Crippen LogP contribution in [-0.2, 0) is 9.59 Å². The summed E-state index contributed by atoms with van der Waals surface area (Å²) < 4.78 is 0. The number of unbranched alkanes of at least 4 members (excludes halogenated alkanes) is 1. The molecule has 2 amide bonds. The molecule has 0 bridgehead atoms. The Kier molecular flexibility index (Phi) is 3.55. The highest BCUT2D eigenvalue weighted by Gasteiger charge is 2.54. The van der Waals surface area contributed by atoms with Gasteiger partial charge in [0.15, 0.2) is 0 Å². The van der Waals surface area contributed by atoms with E-state index in [-0.39, 0.29) is 17.4 Å². The van der Waals surface area contributed by atoms with E-state index in [0.29, 0.717) is 19.3 Å². The maximum absolute atomic E-state index is 12.0. The van der Waals surface area contributed by atoms with Gasteiger partial charge in [-0.1, -0.05) is 18.2 Å². The topological polar surface area (TPSA) is 63.2 Å². The van der Waals surface area contributed by atoms with Crippen molar-refractivity contribution < 1.29 is 9.59 Å². The first kappa shape index (κ1) is 12.9. The maximum atomic E-state index is 12.0. The van der Waals surface area contributed by atoms with Gasteiger partial charge in [-0.2, -0.15) is 0 Å². The van der Waals surface area contributed by atoms with Crippen molar-refractivity contribution in [3.63, 3.8) is 0 Å². The zero-order chi connectivity index (χ0) is 13.2. The number of primary amides is 1. The Bertz CT molecular complexity index is 426. The molecule has 4 heteroatoms. The van der Waals surface area contributed by atoms with E-state index in [9.17, 15) is 9.59 Å². The first-order chi connectivity index (χ1) is 8.56. The molecule has 0 radical (unpaired) electrons. The molecular formula is C14H20N2O2. The minimum Gasteiger partial charge on any atom is -0.370 e. The number of hydrogen-bond acceptors (Lipinski definition) is 2. The van der Waals surface area contributed by atoms with Crippen LogP contribution in [0.5, 0.6) is 0 Å². The molecule has 1 saturated heterocycles. The predicted octanol–water partition coefficient (Wildman–Crippen LogP) is 1.52. The smallest absolute Gasteiger partial charge is 0.223 e. The highest BCUT2D eigenvalue weighted by molar-refractivity contribution is 5.81. The fourth-order valence-corrected chi connectivity index (χ4v) is 2.57. The van der Waals surface area contributed by atoms with Gasteiger partial charge in [-0.25, -0.2) is 0 Å². The standard InChI is InChI=1S/C14H20N2O2/c1-11-6-4-5-9-14(11)10-16(14)13(18)8-3-2-7-12(15)17/h4-6H,2-3,7-10H2,1H3,(H2,15,17). The van der Waals surface area contributed by atoms with Crippen LogP contribution >= 0.6 is 0 Å². The van der Waals surface area contributed by atoms with Crippen molar-refractivity contribution in [1.29, 1.82) is 0 Å². The summed E-state index contributed by atoms with van der Waals surface area (Å²) in [5, 5.41) is 0. The molecule has 1 unspecified atom stereocenters. The predicted molar refractivity (Wildman–Crippen MR) is 69.6 cm³/mol. The molecule has 1 spiro atoms. The molecule has 1 fully saturated rings. The largest absolute Gasteiger partial charge is 0.370 e. The Labute approximate surface area is 108 Å². The van der Waals surface area contributed by atoms with Crippen LogP contribution in [-0.4, -0.2) is 28.8 Å². The van der Waals surface area contributed by atoms with E-state index in [1.807, 2.05) is 4.90 Å². The number of hydrogen-bond donors (Lipinski definition) is 1. The number of nitrogens with zero attached hydrogens (tertiary/aromatic N) is 1. The van der Waals surface area contributed by atoms with E-state index in [4.69, 9.17) is 5.73 Å². The van der Waals surface area contributed by atoms with E-state index in [1.165, 1.54) is 5.57 Å². The Morgan fingerprint density at radius 3 is 2.78 bits per heavy atom. The molecule has 2 N–H and O–H groups in total. The second-order valence-electron chi connectivity index (χ2n) is 5.17. The summed E-state index contributed by atoms with van der Waals surface area (Å²) in [6.07, 6.45) is 9.53. The van der Waals surface area contributed by atoms with Gasteiger partial charge in [-0.05, 0) is 31.8 Å². The van der Waals surface area contributed by atoms with Crippen molar-refractivity contribution >= 4 is 11.8 Å². The van der Waals surface area contributed by atoms with Crippen molar-refractivity contribution in [1.82, 2.24) is 4.90 Å². The first-order valence-electron chi connectivity index (χ1n) is 6.49. The highest BCUT2D eigenvalue weighted by atomic mass is 16.2. The van der Waals surface area contributed by atoms with Crippen molar-refractivity contribution in [2.24, 2.45) is 5.73 Å². The van der Waals surface area contributed by atoms with Crippen LogP contribution in [0, 0.1) is 0 Å². The summed E-state index contributed by atoms with van der Waals surface area (Å²) in [5.74, 6) is -0.0932. The SMILES string of the molecule is CC1=CC=CCC12CN2C(=O)CCCCC(N)=O. The molecular weight excluding hydrogens is 228 g/mol. The number of carbonyl (C=O) groups is 2. The van der Waals surface area contributed by atoms with Crippen molar-refractivity contribution in [2.45, 2.75) is 44.6 Å². The monoisotopic (exact) mass is 248 g/mol. The molecule has 1 atom stereocenters. The highest BCUT2D eigenvalue weighted by Crippen LogP contribution is 2.44. The third-order valence-electron chi connectivity index (χ3n) is 3.87. The molecule has 0 aromatic heterocycles. The average molecular weight is 248 g/mol. The van der Waals surface area contributed by atoms with Gasteiger partial charge >= 0.3 is 0 Å². The number of amides is 2. The van der Waals surface area contributed by atoms with Gasteiger partial charge in [0, 0.05) is 19.4 Å². The van der Waals surface area contributed by atoms with E-state index < -0.39 is 0 Å². The van der Waals surface area contributed by atoms with E-state index in [0.717, 1.165) is 19.4 Å². The van der Waals surface area contributed by atoms with Crippen LogP contribution in [0.3, 0.4) is 0 Å². The molecule has 1 aliphatic heterocycles. The fraction of sp³-hybridized carbons (Fsp3) is 0.571. The summed E-state index contributed by atoms with van der Waals surface area (Å²) >= 11 is 0. The van der Waals surface area contributed by atoms with Gasteiger partial charge in [0.1, 0.15) is 0 Å². The first-order valence-corrected chi connectivity index (χ1v) is 6.49. The number of allylic oxidation sites excluding steroid dienone is 2. The lowest BCUT2D eigenvalue weighted by molar-refractivity contribution is -0.127. The maximum Gasteiger partial charge on any atom is 0.223 e. The zero-order valence-corrected chi connectivity index (χ0v) is 10.8. The summed E-state index contributed by atoms with van der Waals surface area (Å²) in [5.41, 5.74) is 6.32. The second-order valence-corrected chi connectivity index (χ2v) is 5.17. The molecule has 2 rings (SSSR count). The molecule has 0 saturated carbocycles. The fourth-order valence-electron chi connectivity index (χ4n) is 2.57. The second kappa shape index (κ2) is 4.96. The molecule has 98 valence electrons. The molecule has 18 heavy (non-hydrogen) atoms. The van der Waals surface area contributed by atoms with Gasteiger partial charge in [-0.3, -0.25) is 9.59 Å². The minimum atomic E-state index is -0.290. The summed E-state index contributed by atoms with van der Waals surface area (Å²) in [6.45, 7) is 2.93. The lowest BCUT2D eigenvalue weighted by Crippen LogP contribution is -2.25. The van der Waals surface area contributed by atoms with Crippen molar-refractivity contribution in [2.75, 3.05) is 6.54 Å². The average Bonchev–Trinajstić information content (AvgIpc) is 3.04. The van der Waals surface area contributed by atoms with Crippen LogP contribution in [0.15, 0.2) is 23.8 Å². The van der Waals surface area contributed by atoms with Crippen molar-refractivity contribution in [3.8, 4) is 0 Å². The zero-order valence-electron chi connectivity index (χ0n) is 10.8. The van der Waals surface area contributed by atoms with Crippen LogP contribution in [0.25, 0.3) is 0 Å². The quantitative estimate of drug-likeness (QED) is 0.592. The lowest BCUT2D eigenvalue weighted by atomic mass is 9.92. The Hall–Kier alpha value is -1.58. The van der Waals surface area contributed by atoms with E-state index >= 15 is 0 Å². The molecule has 0 aromatic rings. The van der Waals surface area contributed by atoms with Crippen LogP contribution in [0.4, 0.5) is 0 Å². The van der Waals surface area contributed by atoms with Gasteiger partial charge < -0.3 is 10.6 Å². The Morgan fingerprint density at radius 1 is 1.39 bits per heavy atom. The third kappa shape index (κ3) is 2.47. The van der Waals surface area contributed by atoms with Gasteiger partial charge in [0.2, 0.25) is 11.8 Å². The Balaban J connectivity index is 1.77. The lowest BCUT2D eigenvalue weighted by Gasteiger charge is -2.19. The molecule has 1 aliphatic carbocycles. The summed E-state index contributed by atoms with van der Waals surface area (Å²) in [4.78, 5) is 24.6. The van der Waals surface area contributed by atoms with E-state index in [1.54, 1.807) is 0 Å². The van der Waals surface area contributed by atoms with Crippen LogP contribution < -0.4 is 5.73 Å². The van der Waals surface area contributed by atoms with Crippen LogP contribution in [0.2, 0.25) is 0 Å².